The van der Waals surface area contributed by atoms with Crippen LogP contribution in [0.2, 0.25) is 0 Å². The molecule has 0 saturated heterocycles. The zero-order valence-corrected chi connectivity index (χ0v) is 10.9. The first-order chi connectivity index (χ1) is 8.63. The Morgan fingerprint density at radius 1 is 1.44 bits per heavy atom. The fourth-order valence-corrected chi connectivity index (χ4v) is 2.65. The number of nitrogens with two attached hydrogens (primary N) is 1. The molecule has 2 atom stereocenters. The Labute approximate surface area is 109 Å². The molecule has 0 amide bonds. The maximum Gasteiger partial charge on any atom is 0.181 e. The van der Waals surface area contributed by atoms with E-state index >= 15 is 0 Å². The Kier molecular flexibility index (Phi) is 4.13. The van der Waals surface area contributed by atoms with Gasteiger partial charge in [0.05, 0.1) is 16.3 Å². The maximum atomic E-state index is 10.2. The first kappa shape index (κ1) is 13.2. The van der Waals surface area contributed by atoms with E-state index in [-0.39, 0.29) is 0 Å². The first-order valence-corrected chi connectivity index (χ1v) is 6.60. The molecular weight excluding hydrogens is 250 g/mol. The molecule has 1 aromatic carbocycles. The predicted molar refractivity (Wildman–Crippen MR) is 73.5 cm³/mol. The van der Waals surface area contributed by atoms with Crippen molar-refractivity contribution in [3.63, 3.8) is 0 Å². The summed E-state index contributed by atoms with van der Waals surface area (Å²) in [5, 5.41) is 23.5. The molecule has 0 aliphatic rings. The van der Waals surface area contributed by atoms with Gasteiger partial charge in [-0.15, -0.1) is 0 Å². The van der Waals surface area contributed by atoms with Crippen molar-refractivity contribution in [2.75, 3.05) is 19.3 Å². The highest BCUT2D eigenvalue weighted by Crippen LogP contribution is 2.31. The van der Waals surface area contributed by atoms with Crippen LogP contribution in [0.5, 0.6) is 0 Å². The van der Waals surface area contributed by atoms with E-state index in [1.165, 1.54) is 11.3 Å². The average Bonchev–Trinajstić information content (AvgIpc) is 2.74. The predicted octanol–water partition coefficient (Wildman–Crippen LogP) is 0.882. The minimum Gasteiger partial charge on any atom is -0.390 e. The number of benzene rings is 1. The molecule has 98 valence electrons. The molecule has 0 aliphatic carbocycles. The maximum absolute atomic E-state index is 10.2. The number of nitrogen functional groups attached to an aromatic ring is 1. The van der Waals surface area contributed by atoms with Crippen molar-refractivity contribution >= 4 is 26.7 Å². The topological polar surface area (TPSA) is 91.4 Å². The summed E-state index contributed by atoms with van der Waals surface area (Å²) >= 11 is 1.37. The molecule has 0 saturated carbocycles. The number of aromatic nitrogens is 1. The Morgan fingerprint density at radius 2 is 2.22 bits per heavy atom. The van der Waals surface area contributed by atoms with Gasteiger partial charge < -0.3 is 21.3 Å². The minimum absolute atomic E-state index is 0.467. The third-order valence-electron chi connectivity index (χ3n) is 2.84. The van der Waals surface area contributed by atoms with Crippen molar-refractivity contribution in [3.05, 3.63) is 23.8 Å². The highest BCUT2D eigenvalue weighted by atomic mass is 32.1. The van der Waals surface area contributed by atoms with Crippen LogP contribution >= 0.6 is 11.3 Å². The molecular formula is C12H17N3O2S. The van der Waals surface area contributed by atoms with Crippen molar-refractivity contribution in [1.29, 1.82) is 0 Å². The van der Waals surface area contributed by atoms with Gasteiger partial charge in [-0.1, -0.05) is 23.5 Å². The van der Waals surface area contributed by atoms with Crippen LogP contribution < -0.4 is 11.1 Å². The number of aliphatic hydroxyl groups excluding tert-OH is 2. The van der Waals surface area contributed by atoms with Crippen molar-refractivity contribution in [2.45, 2.75) is 18.6 Å². The van der Waals surface area contributed by atoms with Gasteiger partial charge in [-0.2, -0.15) is 0 Å². The summed E-state index contributed by atoms with van der Waals surface area (Å²) in [6, 6.07) is 5.51. The second-order valence-electron chi connectivity index (χ2n) is 4.15. The Bertz CT molecular complexity index is 529. The van der Waals surface area contributed by atoms with E-state index in [2.05, 4.69) is 10.3 Å². The molecule has 0 bridgehead atoms. The summed E-state index contributed by atoms with van der Waals surface area (Å²) in [6.07, 6.45) is -1.28. The van der Waals surface area contributed by atoms with E-state index in [0.29, 0.717) is 29.2 Å². The molecule has 18 heavy (non-hydrogen) atoms. The van der Waals surface area contributed by atoms with Crippen LogP contribution in [0.4, 0.5) is 5.13 Å². The summed E-state index contributed by atoms with van der Waals surface area (Å²) in [4.78, 5) is 4.21. The monoisotopic (exact) mass is 267 g/mol. The Hall–Kier alpha value is -1.21. The number of thiazole rings is 1. The molecule has 1 heterocycles. The van der Waals surface area contributed by atoms with Crippen LogP contribution in [0.15, 0.2) is 18.2 Å². The molecule has 0 radical (unpaired) electrons. The fraction of sp³-hybridized carbons (Fsp3) is 0.417. The number of hydrogen-bond acceptors (Lipinski definition) is 6. The van der Waals surface area contributed by atoms with E-state index < -0.39 is 12.2 Å². The van der Waals surface area contributed by atoms with Crippen molar-refractivity contribution in [3.8, 4) is 0 Å². The minimum atomic E-state index is -0.941. The van der Waals surface area contributed by atoms with Crippen LogP contribution in [0, 0.1) is 0 Å². The van der Waals surface area contributed by atoms with E-state index in [1.54, 1.807) is 13.1 Å². The van der Waals surface area contributed by atoms with Gasteiger partial charge in [0.1, 0.15) is 6.10 Å². The second-order valence-corrected chi connectivity index (χ2v) is 5.21. The normalized spacial score (nSPS) is 14.8. The molecule has 2 aromatic rings. The molecule has 0 spiro atoms. The van der Waals surface area contributed by atoms with E-state index in [1.807, 2.05) is 12.1 Å². The lowest BCUT2D eigenvalue weighted by Crippen LogP contribution is -2.23. The number of nitrogens with one attached hydrogen (secondary N) is 1. The standard InChI is InChI=1S/C12H17N3O2S/c1-14-6-5-8(16)11(17)7-3-2-4-9-10(7)15-12(13)18-9/h2-4,8,11,14,16-17H,5-6H2,1H3,(H2,13,15). The van der Waals surface area contributed by atoms with Crippen molar-refractivity contribution in [2.24, 2.45) is 0 Å². The molecule has 0 fully saturated rings. The van der Waals surface area contributed by atoms with Crippen LogP contribution in [-0.2, 0) is 0 Å². The van der Waals surface area contributed by atoms with Gasteiger partial charge in [0, 0.05) is 5.56 Å². The van der Waals surface area contributed by atoms with Crippen LogP contribution in [0.3, 0.4) is 0 Å². The third-order valence-corrected chi connectivity index (χ3v) is 3.69. The zero-order chi connectivity index (χ0) is 13.1. The molecule has 1 aromatic heterocycles. The average molecular weight is 267 g/mol. The molecule has 0 aliphatic heterocycles. The number of hydrogen-bond donors (Lipinski definition) is 4. The molecule has 2 unspecified atom stereocenters. The molecule has 5 nitrogen and oxygen atoms in total. The van der Waals surface area contributed by atoms with Crippen molar-refractivity contribution < 1.29 is 10.2 Å². The number of fused-ring (bicyclic) bond motifs is 1. The zero-order valence-electron chi connectivity index (χ0n) is 10.1. The summed E-state index contributed by atoms with van der Waals surface area (Å²) in [6.45, 7) is 0.646. The molecule has 6 heteroatoms. The molecule has 2 rings (SSSR count). The van der Waals surface area contributed by atoms with Crippen LogP contribution in [0.1, 0.15) is 18.1 Å². The van der Waals surface area contributed by atoms with Gasteiger partial charge >= 0.3 is 0 Å². The highest BCUT2D eigenvalue weighted by molar-refractivity contribution is 7.22. The highest BCUT2D eigenvalue weighted by Gasteiger charge is 2.21. The lowest BCUT2D eigenvalue weighted by Gasteiger charge is -2.18. The first-order valence-electron chi connectivity index (χ1n) is 5.79. The molecule has 5 N–H and O–H groups in total. The smallest absolute Gasteiger partial charge is 0.181 e. The van der Waals surface area contributed by atoms with Crippen LogP contribution in [-0.4, -0.2) is 34.9 Å². The van der Waals surface area contributed by atoms with Gasteiger partial charge in [0.25, 0.3) is 0 Å². The SMILES string of the molecule is CNCCC(O)C(O)c1cccc2sc(N)nc12. The Morgan fingerprint density at radius 3 is 2.94 bits per heavy atom. The summed E-state index contributed by atoms with van der Waals surface area (Å²) in [5.74, 6) is 0. The number of rotatable bonds is 5. The van der Waals surface area contributed by atoms with Gasteiger partial charge in [-0.05, 0) is 26.1 Å². The summed E-state index contributed by atoms with van der Waals surface area (Å²) in [7, 11) is 1.81. The summed E-state index contributed by atoms with van der Waals surface area (Å²) < 4.78 is 0.921. The quantitative estimate of drug-likeness (QED) is 0.645. The Balaban J connectivity index is 2.29. The van der Waals surface area contributed by atoms with Crippen molar-refractivity contribution in [1.82, 2.24) is 10.3 Å². The van der Waals surface area contributed by atoms with Crippen LogP contribution in [0.25, 0.3) is 10.2 Å². The van der Waals surface area contributed by atoms with E-state index in [9.17, 15) is 10.2 Å². The largest absolute Gasteiger partial charge is 0.390 e. The number of para-hydroxylation sites is 1. The number of anilines is 1. The summed E-state index contributed by atoms with van der Waals surface area (Å²) in [5.41, 5.74) is 6.97. The lowest BCUT2D eigenvalue weighted by atomic mass is 10.0. The second kappa shape index (κ2) is 5.62. The van der Waals surface area contributed by atoms with Gasteiger partial charge in [-0.3, -0.25) is 0 Å². The van der Waals surface area contributed by atoms with E-state index in [4.69, 9.17) is 5.73 Å². The number of nitrogens with zero attached hydrogens (tertiary/aromatic N) is 1. The van der Waals surface area contributed by atoms with Gasteiger partial charge in [0.2, 0.25) is 0 Å². The van der Waals surface area contributed by atoms with Gasteiger partial charge in [-0.25, -0.2) is 4.98 Å². The number of aliphatic hydroxyl groups is 2. The lowest BCUT2D eigenvalue weighted by molar-refractivity contribution is 0.0148. The van der Waals surface area contributed by atoms with Gasteiger partial charge in [0.15, 0.2) is 5.13 Å². The van der Waals surface area contributed by atoms with E-state index in [0.717, 1.165) is 4.70 Å². The third kappa shape index (κ3) is 2.62. The fourth-order valence-electron chi connectivity index (χ4n) is 1.88.